The molecule has 1 aliphatic carbocycles. The second-order valence-corrected chi connectivity index (χ2v) is 6.03. The van der Waals surface area contributed by atoms with Gasteiger partial charge < -0.3 is 5.32 Å². The molecule has 0 radical (unpaired) electrons. The monoisotopic (exact) mass is 315 g/mol. The molecule has 5 heteroatoms. The Hall–Kier alpha value is -1.16. The Morgan fingerprint density at radius 3 is 2.62 bits per heavy atom. The van der Waals surface area contributed by atoms with Gasteiger partial charge in [0.15, 0.2) is 0 Å². The van der Waals surface area contributed by atoms with Crippen molar-refractivity contribution in [1.82, 2.24) is 5.32 Å². The molecule has 0 saturated heterocycles. The maximum Gasteiger partial charge on any atom is 0.257 e. The van der Waals surface area contributed by atoms with Crippen molar-refractivity contribution in [3.8, 4) is 0 Å². The van der Waals surface area contributed by atoms with E-state index in [1.807, 2.05) is 0 Å². The van der Waals surface area contributed by atoms with Crippen LogP contribution in [0, 0.1) is 30.4 Å². The molecule has 2 unspecified atom stereocenters. The Kier molecular flexibility index (Phi) is 5.57. The van der Waals surface area contributed by atoms with E-state index in [0.29, 0.717) is 18.3 Å². The first-order chi connectivity index (χ1) is 10.0. The minimum absolute atomic E-state index is 0.262. The van der Waals surface area contributed by atoms with Crippen molar-refractivity contribution in [2.45, 2.75) is 32.6 Å². The summed E-state index contributed by atoms with van der Waals surface area (Å²) < 4.78 is 27.6. The number of alkyl halides is 1. The van der Waals surface area contributed by atoms with Gasteiger partial charge in [0.05, 0.1) is 0 Å². The maximum atomic E-state index is 13.9. The molecule has 1 aromatic carbocycles. The van der Waals surface area contributed by atoms with Gasteiger partial charge in [-0.1, -0.05) is 18.9 Å². The molecule has 1 fully saturated rings. The number of benzene rings is 1. The Morgan fingerprint density at radius 1 is 1.29 bits per heavy atom. The predicted molar refractivity (Wildman–Crippen MR) is 79.6 cm³/mol. The largest absolute Gasteiger partial charge is 0.352 e. The van der Waals surface area contributed by atoms with Crippen LogP contribution in [0.15, 0.2) is 12.1 Å². The van der Waals surface area contributed by atoms with Gasteiger partial charge in [0.1, 0.15) is 17.2 Å². The number of halogens is 3. The SMILES string of the molecule is Cc1ccc(F)c(C(=O)NCC2CCCCC2CCl)c1F. The lowest BCUT2D eigenvalue weighted by atomic mass is 9.80. The first-order valence-electron chi connectivity index (χ1n) is 7.33. The number of nitrogens with one attached hydrogen (secondary N) is 1. The molecule has 0 aromatic heterocycles. The highest BCUT2D eigenvalue weighted by Gasteiger charge is 2.26. The van der Waals surface area contributed by atoms with Crippen molar-refractivity contribution in [2.75, 3.05) is 12.4 Å². The minimum Gasteiger partial charge on any atom is -0.352 e. The van der Waals surface area contributed by atoms with E-state index in [4.69, 9.17) is 11.6 Å². The lowest BCUT2D eigenvalue weighted by Crippen LogP contribution is -2.35. The molecule has 2 atom stereocenters. The van der Waals surface area contributed by atoms with Crippen molar-refractivity contribution in [1.29, 1.82) is 0 Å². The van der Waals surface area contributed by atoms with Gasteiger partial charge in [-0.3, -0.25) is 4.79 Å². The van der Waals surface area contributed by atoms with Gasteiger partial charge >= 0.3 is 0 Å². The van der Waals surface area contributed by atoms with E-state index in [-0.39, 0.29) is 11.5 Å². The zero-order valence-corrected chi connectivity index (χ0v) is 12.9. The summed E-state index contributed by atoms with van der Waals surface area (Å²) in [4.78, 5) is 12.1. The molecule has 1 aromatic rings. The minimum atomic E-state index is -0.826. The van der Waals surface area contributed by atoms with Gasteiger partial charge in [-0.05, 0) is 43.2 Å². The highest BCUT2D eigenvalue weighted by atomic mass is 35.5. The molecule has 116 valence electrons. The fourth-order valence-corrected chi connectivity index (χ4v) is 3.34. The zero-order chi connectivity index (χ0) is 15.4. The standard InChI is InChI=1S/C16H20ClF2NO/c1-10-6-7-13(18)14(15(10)19)16(21)20-9-12-5-3-2-4-11(12)8-17/h6-7,11-12H,2-5,8-9H2,1H3,(H,20,21). The van der Waals surface area contributed by atoms with Gasteiger partial charge in [-0.2, -0.15) is 0 Å². The molecular formula is C16H20ClF2NO. The van der Waals surface area contributed by atoms with E-state index in [1.54, 1.807) is 0 Å². The van der Waals surface area contributed by atoms with Crippen LogP contribution in [-0.4, -0.2) is 18.3 Å². The third kappa shape index (κ3) is 3.73. The Balaban J connectivity index is 2.03. The second kappa shape index (κ2) is 7.21. The van der Waals surface area contributed by atoms with Gasteiger partial charge in [0, 0.05) is 12.4 Å². The fourth-order valence-electron chi connectivity index (χ4n) is 2.93. The predicted octanol–water partition coefficient (Wildman–Crippen LogP) is 4.05. The molecule has 1 saturated carbocycles. The van der Waals surface area contributed by atoms with Crippen LogP contribution >= 0.6 is 11.6 Å². The highest BCUT2D eigenvalue weighted by Crippen LogP contribution is 2.30. The smallest absolute Gasteiger partial charge is 0.257 e. The van der Waals surface area contributed by atoms with Crippen molar-refractivity contribution >= 4 is 17.5 Å². The molecule has 1 aliphatic rings. The molecular weight excluding hydrogens is 296 g/mol. The average molecular weight is 316 g/mol. The normalized spacial score (nSPS) is 22.1. The third-order valence-electron chi connectivity index (χ3n) is 4.30. The maximum absolute atomic E-state index is 13.9. The zero-order valence-electron chi connectivity index (χ0n) is 12.1. The number of aryl methyl sites for hydroxylation is 1. The molecule has 0 aliphatic heterocycles. The van der Waals surface area contributed by atoms with Gasteiger partial charge in [-0.15, -0.1) is 11.6 Å². The van der Waals surface area contributed by atoms with Gasteiger partial charge in [0.25, 0.3) is 5.91 Å². The summed E-state index contributed by atoms with van der Waals surface area (Å²) >= 11 is 5.95. The molecule has 2 rings (SSSR count). The number of amides is 1. The summed E-state index contributed by atoms with van der Waals surface area (Å²) in [5, 5.41) is 2.66. The van der Waals surface area contributed by atoms with Gasteiger partial charge in [0.2, 0.25) is 0 Å². The van der Waals surface area contributed by atoms with Crippen LogP contribution in [0.3, 0.4) is 0 Å². The Labute approximate surface area is 128 Å². The lowest BCUT2D eigenvalue weighted by Gasteiger charge is -2.30. The number of hydrogen-bond donors (Lipinski definition) is 1. The van der Waals surface area contributed by atoms with Crippen LogP contribution in [-0.2, 0) is 0 Å². The molecule has 0 bridgehead atoms. The first-order valence-corrected chi connectivity index (χ1v) is 7.86. The summed E-state index contributed by atoms with van der Waals surface area (Å²) in [6.45, 7) is 1.93. The van der Waals surface area contributed by atoms with E-state index in [1.165, 1.54) is 13.0 Å². The molecule has 0 heterocycles. The second-order valence-electron chi connectivity index (χ2n) is 5.72. The summed E-state index contributed by atoms with van der Waals surface area (Å²) in [6.07, 6.45) is 4.32. The van der Waals surface area contributed by atoms with Crippen molar-refractivity contribution in [3.05, 3.63) is 34.9 Å². The van der Waals surface area contributed by atoms with Crippen LogP contribution in [0.4, 0.5) is 8.78 Å². The summed E-state index contributed by atoms with van der Waals surface area (Å²) in [5.74, 6) is -1.08. The van der Waals surface area contributed by atoms with Crippen LogP contribution in [0.5, 0.6) is 0 Å². The molecule has 0 spiro atoms. The van der Waals surface area contributed by atoms with Crippen LogP contribution < -0.4 is 5.32 Å². The van der Waals surface area contributed by atoms with Crippen molar-refractivity contribution in [3.63, 3.8) is 0 Å². The van der Waals surface area contributed by atoms with Crippen molar-refractivity contribution < 1.29 is 13.6 Å². The first kappa shape index (κ1) is 16.2. The summed E-state index contributed by atoms with van der Waals surface area (Å²) in [5.41, 5.74) is -0.230. The number of carbonyl (C=O) groups excluding carboxylic acids is 1. The van der Waals surface area contributed by atoms with Crippen LogP contribution in [0.2, 0.25) is 0 Å². The number of carbonyl (C=O) groups is 1. The van der Waals surface area contributed by atoms with E-state index in [2.05, 4.69) is 5.32 Å². The number of rotatable bonds is 4. The molecule has 1 amide bonds. The average Bonchev–Trinajstić information content (AvgIpc) is 2.49. The van der Waals surface area contributed by atoms with E-state index >= 15 is 0 Å². The molecule has 1 N–H and O–H groups in total. The van der Waals surface area contributed by atoms with Crippen LogP contribution in [0.25, 0.3) is 0 Å². The Morgan fingerprint density at radius 2 is 1.95 bits per heavy atom. The quantitative estimate of drug-likeness (QED) is 0.834. The topological polar surface area (TPSA) is 29.1 Å². The summed E-state index contributed by atoms with van der Waals surface area (Å²) in [7, 11) is 0. The van der Waals surface area contributed by atoms with E-state index in [9.17, 15) is 13.6 Å². The Bertz CT molecular complexity index is 521. The third-order valence-corrected chi connectivity index (χ3v) is 4.70. The summed E-state index contributed by atoms with van der Waals surface area (Å²) in [6, 6.07) is 2.45. The van der Waals surface area contributed by atoms with Gasteiger partial charge in [-0.25, -0.2) is 8.78 Å². The molecule has 2 nitrogen and oxygen atoms in total. The molecule has 21 heavy (non-hydrogen) atoms. The van der Waals surface area contributed by atoms with E-state index < -0.39 is 23.1 Å². The lowest BCUT2D eigenvalue weighted by molar-refractivity contribution is 0.0928. The van der Waals surface area contributed by atoms with Crippen molar-refractivity contribution in [2.24, 2.45) is 11.8 Å². The number of hydrogen-bond acceptors (Lipinski definition) is 1. The van der Waals surface area contributed by atoms with Crippen LogP contribution in [0.1, 0.15) is 41.6 Å². The van der Waals surface area contributed by atoms with E-state index in [0.717, 1.165) is 31.7 Å². The fraction of sp³-hybridized carbons (Fsp3) is 0.562. The highest BCUT2D eigenvalue weighted by molar-refractivity contribution is 6.18.